The highest BCUT2D eigenvalue weighted by Crippen LogP contribution is 2.43. The van der Waals surface area contributed by atoms with Crippen LogP contribution in [0.2, 0.25) is 0 Å². The zero-order valence-electron chi connectivity index (χ0n) is 16.8. The molecule has 152 valence electrons. The summed E-state index contributed by atoms with van der Waals surface area (Å²) in [7, 11) is 0. The van der Waals surface area contributed by atoms with Gasteiger partial charge in [0.1, 0.15) is 29.1 Å². The number of hydrogen-bond acceptors (Lipinski definition) is 4. The maximum atomic E-state index is 13.4. The van der Waals surface area contributed by atoms with Gasteiger partial charge in [0.15, 0.2) is 0 Å². The van der Waals surface area contributed by atoms with Crippen LogP contribution < -0.4 is 4.90 Å². The molecule has 2 aromatic carbocycles. The van der Waals surface area contributed by atoms with Crippen LogP contribution in [0.15, 0.2) is 64.6 Å². The van der Waals surface area contributed by atoms with E-state index >= 15 is 0 Å². The van der Waals surface area contributed by atoms with Crippen LogP contribution in [-0.4, -0.2) is 16.8 Å². The van der Waals surface area contributed by atoms with Crippen molar-refractivity contribution in [3.8, 4) is 0 Å². The van der Waals surface area contributed by atoms with Crippen LogP contribution in [0.1, 0.15) is 34.3 Å². The number of rotatable bonds is 3. The third kappa shape index (κ3) is 3.20. The summed E-state index contributed by atoms with van der Waals surface area (Å²) in [6, 6.07) is 13.2. The quantitative estimate of drug-likeness (QED) is 0.379. The highest BCUT2D eigenvalue weighted by atomic mass is 19.1. The van der Waals surface area contributed by atoms with Crippen LogP contribution in [0.5, 0.6) is 0 Å². The molecule has 0 spiro atoms. The zero-order chi connectivity index (χ0) is 21.6. The molecule has 0 radical (unpaired) electrons. The number of carbonyl (C=O) groups is 2. The van der Waals surface area contributed by atoms with E-state index in [1.54, 1.807) is 25.1 Å². The second kappa shape index (κ2) is 7.30. The topological polar surface area (TPSA) is 70.8 Å². The second-order valence-corrected chi connectivity index (χ2v) is 7.41. The molecule has 4 rings (SSSR count). The molecular weight excluding hydrogens is 385 g/mol. The number of nitrogens with zero attached hydrogens (tertiary/aromatic N) is 1. The van der Waals surface area contributed by atoms with Crippen LogP contribution in [0, 0.1) is 26.6 Å². The first kappa shape index (κ1) is 19.6. The number of furan rings is 1. The number of benzene rings is 2. The average Bonchev–Trinajstić information content (AvgIpc) is 3.25. The number of ketones is 1. The molecule has 1 aromatic heterocycles. The lowest BCUT2D eigenvalue weighted by Crippen LogP contribution is -2.29. The Hall–Kier alpha value is -3.67. The summed E-state index contributed by atoms with van der Waals surface area (Å²) in [5.41, 5.74) is 2.41. The molecule has 1 atom stereocenters. The zero-order valence-corrected chi connectivity index (χ0v) is 16.8. The number of aryl methyl sites for hydroxylation is 3. The molecule has 0 bridgehead atoms. The van der Waals surface area contributed by atoms with Gasteiger partial charge in [0.25, 0.3) is 11.7 Å². The smallest absolute Gasteiger partial charge is 0.300 e. The molecule has 1 aliphatic heterocycles. The number of aliphatic hydroxyl groups is 1. The molecule has 0 aliphatic carbocycles. The maximum absolute atomic E-state index is 13.4. The van der Waals surface area contributed by atoms with Crippen molar-refractivity contribution >= 4 is 23.1 Å². The normalized spacial score (nSPS) is 18.3. The van der Waals surface area contributed by atoms with Gasteiger partial charge in [-0.25, -0.2) is 4.39 Å². The molecule has 2 heterocycles. The summed E-state index contributed by atoms with van der Waals surface area (Å²) in [4.78, 5) is 27.2. The van der Waals surface area contributed by atoms with Crippen molar-refractivity contribution in [2.75, 3.05) is 4.90 Å². The molecule has 1 saturated heterocycles. The first-order valence-electron chi connectivity index (χ1n) is 9.48. The van der Waals surface area contributed by atoms with E-state index in [0.717, 1.165) is 11.1 Å². The van der Waals surface area contributed by atoms with Crippen molar-refractivity contribution < 1.29 is 23.5 Å². The molecule has 1 unspecified atom stereocenters. The highest BCUT2D eigenvalue weighted by molar-refractivity contribution is 6.51. The van der Waals surface area contributed by atoms with Crippen LogP contribution in [0.3, 0.4) is 0 Å². The summed E-state index contributed by atoms with van der Waals surface area (Å²) in [6.07, 6.45) is 0. The van der Waals surface area contributed by atoms with E-state index in [2.05, 4.69) is 0 Å². The lowest BCUT2D eigenvalue weighted by atomic mass is 9.96. The minimum absolute atomic E-state index is 0.0626. The van der Waals surface area contributed by atoms with E-state index in [1.807, 2.05) is 26.0 Å². The third-order valence-electron chi connectivity index (χ3n) is 5.23. The predicted molar refractivity (Wildman–Crippen MR) is 111 cm³/mol. The Morgan fingerprint density at radius 2 is 1.70 bits per heavy atom. The number of Topliss-reactive ketones (excluding diaryl/α,β-unsaturated/α-hetero) is 1. The van der Waals surface area contributed by atoms with E-state index in [1.165, 1.54) is 29.2 Å². The minimum atomic E-state index is -0.968. The number of halogens is 1. The summed E-state index contributed by atoms with van der Waals surface area (Å²) >= 11 is 0. The Bertz CT molecular complexity index is 1190. The SMILES string of the molecule is Cc1ccc(C)c(/C(O)=C2\C(=O)C(=O)N(c3ccc(F)cc3)C2c2ccc(C)o2)c1. The van der Waals surface area contributed by atoms with Gasteiger partial charge in [-0.2, -0.15) is 0 Å². The molecule has 6 heteroatoms. The molecule has 3 aromatic rings. The Balaban J connectivity index is 1.96. The first-order chi connectivity index (χ1) is 14.3. The van der Waals surface area contributed by atoms with Crippen molar-refractivity contribution in [1.29, 1.82) is 0 Å². The largest absolute Gasteiger partial charge is 0.507 e. The molecule has 0 saturated carbocycles. The summed E-state index contributed by atoms with van der Waals surface area (Å²) < 4.78 is 19.2. The summed E-state index contributed by atoms with van der Waals surface area (Å²) in [5, 5.41) is 11.1. The van der Waals surface area contributed by atoms with Gasteiger partial charge in [-0.3, -0.25) is 14.5 Å². The number of hydrogen-bond donors (Lipinski definition) is 1. The van der Waals surface area contributed by atoms with Crippen molar-refractivity contribution in [2.24, 2.45) is 0 Å². The molecule has 1 fully saturated rings. The van der Waals surface area contributed by atoms with Crippen LogP contribution in [-0.2, 0) is 9.59 Å². The van der Waals surface area contributed by atoms with Crippen molar-refractivity contribution in [3.63, 3.8) is 0 Å². The molecule has 30 heavy (non-hydrogen) atoms. The van der Waals surface area contributed by atoms with Crippen molar-refractivity contribution in [3.05, 3.63) is 94.2 Å². The van der Waals surface area contributed by atoms with E-state index in [4.69, 9.17) is 4.42 Å². The molecular formula is C24H20FNO4. The predicted octanol–water partition coefficient (Wildman–Crippen LogP) is 4.97. The first-order valence-corrected chi connectivity index (χ1v) is 9.48. The summed E-state index contributed by atoms with van der Waals surface area (Å²) in [6.45, 7) is 5.44. The lowest BCUT2D eigenvalue weighted by Gasteiger charge is -2.23. The average molecular weight is 405 g/mol. The van der Waals surface area contributed by atoms with Gasteiger partial charge in [-0.05, 0) is 68.8 Å². The van der Waals surface area contributed by atoms with Crippen LogP contribution >= 0.6 is 0 Å². The van der Waals surface area contributed by atoms with Crippen LogP contribution in [0.25, 0.3) is 5.76 Å². The molecule has 1 aliphatic rings. The Morgan fingerprint density at radius 3 is 2.33 bits per heavy atom. The van der Waals surface area contributed by atoms with E-state index in [9.17, 15) is 19.1 Å². The van der Waals surface area contributed by atoms with Gasteiger partial charge in [0.2, 0.25) is 0 Å². The van der Waals surface area contributed by atoms with E-state index in [0.29, 0.717) is 22.8 Å². The van der Waals surface area contributed by atoms with Gasteiger partial charge in [-0.1, -0.05) is 17.7 Å². The third-order valence-corrected chi connectivity index (χ3v) is 5.23. The fourth-order valence-corrected chi connectivity index (χ4v) is 3.71. The standard InChI is InChI=1S/C24H20FNO4/c1-13-4-5-14(2)18(12-13)22(27)20-21(19-11-6-15(3)30-19)26(24(29)23(20)28)17-9-7-16(25)8-10-17/h4-12,21,27H,1-3H3/b22-20+. The van der Waals surface area contributed by atoms with Crippen molar-refractivity contribution in [2.45, 2.75) is 26.8 Å². The maximum Gasteiger partial charge on any atom is 0.300 e. The minimum Gasteiger partial charge on any atom is -0.507 e. The lowest BCUT2D eigenvalue weighted by molar-refractivity contribution is -0.132. The summed E-state index contributed by atoms with van der Waals surface area (Å²) in [5.74, 6) is -1.43. The second-order valence-electron chi connectivity index (χ2n) is 7.41. The van der Waals surface area contributed by atoms with E-state index < -0.39 is 23.5 Å². The van der Waals surface area contributed by atoms with Gasteiger partial charge in [-0.15, -0.1) is 0 Å². The van der Waals surface area contributed by atoms with Crippen LogP contribution in [0.4, 0.5) is 10.1 Å². The Morgan fingerprint density at radius 1 is 1.00 bits per heavy atom. The molecule has 1 amide bonds. The van der Waals surface area contributed by atoms with Gasteiger partial charge < -0.3 is 9.52 Å². The Kier molecular flexibility index (Phi) is 4.78. The number of aliphatic hydroxyl groups excluding tert-OH is 1. The number of anilines is 1. The Labute approximate surface area is 173 Å². The molecule has 1 N–H and O–H groups in total. The fraction of sp³-hybridized carbons (Fsp3) is 0.167. The van der Waals surface area contributed by atoms with Gasteiger partial charge in [0, 0.05) is 11.3 Å². The van der Waals surface area contributed by atoms with E-state index in [-0.39, 0.29) is 11.3 Å². The monoisotopic (exact) mass is 405 g/mol. The number of carbonyl (C=O) groups excluding carboxylic acids is 2. The van der Waals surface area contributed by atoms with Crippen molar-refractivity contribution in [1.82, 2.24) is 0 Å². The highest BCUT2D eigenvalue weighted by Gasteiger charge is 2.48. The molecule has 5 nitrogen and oxygen atoms in total. The fourth-order valence-electron chi connectivity index (χ4n) is 3.71. The van der Waals surface area contributed by atoms with Gasteiger partial charge >= 0.3 is 0 Å². The number of amides is 1. The van der Waals surface area contributed by atoms with Gasteiger partial charge in [0.05, 0.1) is 5.57 Å².